The number of nitrogens with zero attached hydrogens (tertiary/aromatic N) is 2. The van der Waals surface area contributed by atoms with E-state index in [-0.39, 0.29) is 17.9 Å². The second kappa shape index (κ2) is 7.49. The molecular formula is C20H20N2O5. The third-order valence-corrected chi connectivity index (χ3v) is 4.48. The summed E-state index contributed by atoms with van der Waals surface area (Å²) >= 11 is 0. The van der Waals surface area contributed by atoms with Gasteiger partial charge in [-0.1, -0.05) is 12.1 Å². The summed E-state index contributed by atoms with van der Waals surface area (Å²) in [6.45, 7) is 1.53. The minimum atomic E-state index is -0.727. The second-order valence-electron chi connectivity index (χ2n) is 6.13. The molecule has 2 heterocycles. The first-order chi connectivity index (χ1) is 13.0. The largest absolute Gasteiger partial charge is 0.503 e. The molecule has 1 N–H and O–H groups in total. The highest BCUT2D eigenvalue weighted by atomic mass is 16.5. The van der Waals surface area contributed by atoms with Crippen LogP contribution in [0.4, 0.5) is 0 Å². The molecule has 0 radical (unpaired) electrons. The summed E-state index contributed by atoms with van der Waals surface area (Å²) in [5.41, 5.74) is 1.49. The van der Waals surface area contributed by atoms with Crippen LogP contribution in [0, 0.1) is 0 Å². The Morgan fingerprint density at radius 2 is 1.96 bits per heavy atom. The Balaban J connectivity index is 2.08. The topological polar surface area (TPSA) is 89.0 Å². The van der Waals surface area contributed by atoms with Gasteiger partial charge < -0.3 is 19.5 Å². The molecule has 0 saturated carbocycles. The van der Waals surface area contributed by atoms with E-state index in [1.807, 2.05) is 6.07 Å². The summed E-state index contributed by atoms with van der Waals surface area (Å²) in [4.78, 5) is 30.4. The van der Waals surface area contributed by atoms with Crippen LogP contribution in [-0.4, -0.2) is 40.9 Å². The number of rotatable bonds is 6. The van der Waals surface area contributed by atoms with Crippen molar-refractivity contribution in [1.82, 2.24) is 9.88 Å². The standard InChI is InChI=1S/C20H20N2O5/c1-12(23)17-18(14-6-7-15(26-2)16(9-14)27-3)22(20(25)19(17)24)11-13-5-4-8-21-10-13/h4-10,18,24H,11H2,1-3H3. The normalized spacial score (nSPS) is 16.6. The lowest BCUT2D eigenvalue weighted by Crippen LogP contribution is -2.30. The number of Topliss-reactive ketones (excluding diaryl/α,β-unsaturated/α-hetero) is 1. The predicted molar refractivity (Wildman–Crippen MR) is 97.4 cm³/mol. The van der Waals surface area contributed by atoms with Crippen LogP contribution in [0.3, 0.4) is 0 Å². The lowest BCUT2D eigenvalue weighted by molar-refractivity contribution is -0.130. The van der Waals surface area contributed by atoms with Gasteiger partial charge in [-0.25, -0.2) is 0 Å². The van der Waals surface area contributed by atoms with E-state index in [1.54, 1.807) is 36.7 Å². The van der Waals surface area contributed by atoms with Crippen molar-refractivity contribution in [2.75, 3.05) is 14.2 Å². The molecule has 2 aromatic rings. The fourth-order valence-electron chi connectivity index (χ4n) is 3.23. The van der Waals surface area contributed by atoms with Gasteiger partial charge in [0.15, 0.2) is 23.0 Å². The number of hydrogen-bond donors (Lipinski definition) is 1. The minimum absolute atomic E-state index is 0.0658. The van der Waals surface area contributed by atoms with Crippen molar-refractivity contribution in [2.45, 2.75) is 19.5 Å². The number of aliphatic hydroxyl groups excluding tert-OH is 1. The van der Waals surface area contributed by atoms with Gasteiger partial charge >= 0.3 is 0 Å². The molecule has 1 aromatic carbocycles. The molecule has 140 valence electrons. The van der Waals surface area contributed by atoms with E-state index in [0.717, 1.165) is 5.56 Å². The maximum Gasteiger partial charge on any atom is 0.290 e. The first-order valence-corrected chi connectivity index (χ1v) is 8.33. The molecule has 1 aliphatic rings. The Morgan fingerprint density at radius 1 is 1.22 bits per heavy atom. The van der Waals surface area contributed by atoms with Crippen molar-refractivity contribution < 1.29 is 24.2 Å². The van der Waals surface area contributed by atoms with Crippen molar-refractivity contribution in [2.24, 2.45) is 0 Å². The lowest BCUT2D eigenvalue weighted by Gasteiger charge is -2.27. The van der Waals surface area contributed by atoms with Crippen LogP contribution >= 0.6 is 0 Å². The van der Waals surface area contributed by atoms with Crippen molar-refractivity contribution >= 4 is 11.7 Å². The maximum absolute atomic E-state index is 12.7. The number of benzene rings is 1. The third-order valence-electron chi connectivity index (χ3n) is 4.48. The van der Waals surface area contributed by atoms with Crippen LogP contribution in [0.15, 0.2) is 54.1 Å². The molecule has 3 rings (SSSR count). The Morgan fingerprint density at radius 3 is 2.56 bits per heavy atom. The molecule has 1 amide bonds. The monoisotopic (exact) mass is 368 g/mol. The number of pyridine rings is 1. The molecule has 27 heavy (non-hydrogen) atoms. The number of carbonyl (C=O) groups excluding carboxylic acids is 2. The summed E-state index contributed by atoms with van der Waals surface area (Å²) in [6, 6.07) is 8.02. The Kier molecular flexibility index (Phi) is 5.12. The molecular weight excluding hydrogens is 348 g/mol. The molecule has 1 aliphatic heterocycles. The van der Waals surface area contributed by atoms with Gasteiger partial charge in [-0.3, -0.25) is 14.6 Å². The van der Waals surface area contributed by atoms with Crippen LogP contribution in [0.2, 0.25) is 0 Å². The van der Waals surface area contributed by atoms with Gasteiger partial charge in [0, 0.05) is 18.9 Å². The fourth-order valence-corrected chi connectivity index (χ4v) is 3.23. The molecule has 7 heteroatoms. The molecule has 0 saturated heterocycles. The number of hydrogen-bond acceptors (Lipinski definition) is 6. The van der Waals surface area contributed by atoms with Gasteiger partial charge in [0.05, 0.1) is 25.8 Å². The lowest BCUT2D eigenvalue weighted by atomic mass is 9.96. The van der Waals surface area contributed by atoms with E-state index in [0.29, 0.717) is 17.1 Å². The van der Waals surface area contributed by atoms with Gasteiger partial charge in [0.1, 0.15) is 0 Å². The number of ether oxygens (including phenoxy) is 2. The summed E-state index contributed by atoms with van der Waals surface area (Å²) < 4.78 is 10.6. The van der Waals surface area contributed by atoms with Gasteiger partial charge in [-0.15, -0.1) is 0 Å². The maximum atomic E-state index is 12.7. The molecule has 1 unspecified atom stereocenters. The van der Waals surface area contributed by atoms with Crippen LogP contribution in [0.1, 0.15) is 24.1 Å². The zero-order chi connectivity index (χ0) is 19.6. The Hall–Kier alpha value is -3.35. The smallest absolute Gasteiger partial charge is 0.290 e. The first kappa shape index (κ1) is 18.4. The average molecular weight is 368 g/mol. The molecule has 0 fully saturated rings. The average Bonchev–Trinajstić information content (AvgIpc) is 2.93. The van der Waals surface area contributed by atoms with E-state index in [9.17, 15) is 14.7 Å². The number of aliphatic hydroxyl groups is 1. The summed E-state index contributed by atoms with van der Waals surface area (Å²) in [7, 11) is 3.03. The van der Waals surface area contributed by atoms with Gasteiger partial charge in [0.2, 0.25) is 0 Å². The van der Waals surface area contributed by atoms with Gasteiger partial charge in [-0.05, 0) is 36.2 Å². The number of carbonyl (C=O) groups is 2. The first-order valence-electron chi connectivity index (χ1n) is 8.33. The molecule has 0 spiro atoms. The van der Waals surface area contributed by atoms with Gasteiger partial charge in [0.25, 0.3) is 5.91 Å². The van der Waals surface area contributed by atoms with Crippen LogP contribution in [-0.2, 0) is 16.1 Å². The highest BCUT2D eigenvalue weighted by Gasteiger charge is 2.42. The van der Waals surface area contributed by atoms with Crippen molar-refractivity contribution in [3.63, 3.8) is 0 Å². The Labute approximate surface area is 156 Å². The van der Waals surface area contributed by atoms with Crippen LogP contribution in [0.5, 0.6) is 11.5 Å². The van der Waals surface area contributed by atoms with E-state index < -0.39 is 17.7 Å². The second-order valence-corrected chi connectivity index (χ2v) is 6.13. The highest BCUT2D eigenvalue weighted by Crippen LogP contribution is 2.41. The summed E-state index contributed by atoms with van der Waals surface area (Å²) in [5, 5.41) is 10.3. The Bertz CT molecular complexity index is 908. The van der Waals surface area contributed by atoms with Crippen molar-refractivity contribution in [1.29, 1.82) is 0 Å². The predicted octanol–water partition coefficient (Wildman–Crippen LogP) is 2.58. The third kappa shape index (κ3) is 3.36. The molecule has 1 aromatic heterocycles. The molecule has 7 nitrogen and oxygen atoms in total. The van der Waals surface area contributed by atoms with Crippen LogP contribution in [0.25, 0.3) is 0 Å². The number of amides is 1. The number of methoxy groups -OCH3 is 2. The summed E-state index contributed by atoms with van der Waals surface area (Å²) in [6.07, 6.45) is 3.28. The summed E-state index contributed by atoms with van der Waals surface area (Å²) in [5.74, 6) is -0.482. The van der Waals surface area contributed by atoms with Crippen molar-refractivity contribution in [3.05, 3.63) is 65.2 Å². The van der Waals surface area contributed by atoms with Crippen molar-refractivity contribution in [3.8, 4) is 11.5 Å². The van der Waals surface area contributed by atoms with Gasteiger partial charge in [-0.2, -0.15) is 0 Å². The molecule has 0 aliphatic carbocycles. The quantitative estimate of drug-likeness (QED) is 0.843. The molecule has 1 atom stereocenters. The van der Waals surface area contributed by atoms with E-state index in [2.05, 4.69) is 4.98 Å². The van der Waals surface area contributed by atoms with E-state index in [1.165, 1.54) is 26.0 Å². The SMILES string of the molecule is COc1ccc(C2C(C(C)=O)=C(O)C(=O)N2Cc2cccnc2)cc1OC. The highest BCUT2D eigenvalue weighted by molar-refractivity contribution is 6.08. The minimum Gasteiger partial charge on any atom is -0.503 e. The zero-order valence-electron chi connectivity index (χ0n) is 15.3. The molecule has 0 bridgehead atoms. The van der Waals surface area contributed by atoms with Crippen LogP contribution < -0.4 is 9.47 Å². The van der Waals surface area contributed by atoms with E-state index in [4.69, 9.17) is 9.47 Å². The number of ketones is 1. The van der Waals surface area contributed by atoms with E-state index >= 15 is 0 Å². The zero-order valence-corrected chi connectivity index (χ0v) is 15.3. The number of aromatic nitrogens is 1. The fraction of sp³-hybridized carbons (Fsp3) is 0.250.